The van der Waals surface area contributed by atoms with Gasteiger partial charge in [-0.3, -0.25) is 0 Å². The number of rotatable bonds is 6. The van der Waals surface area contributed by atoms with Crippen LogP contribution in [0.15, 0.2) is 91.0 Å². The Kier molecular flexibility index (Phi) is 7.41. The van der Waals surface area contributed by atoms with Crippen molar-refractivity contribution in [2.45, 2.75) is 75.0 Å². The molecular weight excluding hydrogens is 464 g/mol. The summed E-state index contributed by atoms with van der Waals surface area (Å²) in [5.41, 5.74) is 3.48. The monoisotopic (exact) mass is 500 g/mol. The van der Waals surface area contributed by atoms with Gasteiger partial charge in [0.1, 0.15) is 6.10 Å². The minimum absolute atomic E-state index is 0.0537. The lowest BCUT2D eigenvalue weighted by atomic mass is 9.85. The second-order valence-electron chi connectivity index (χ2n) is 10.4. The van der Waals surface area contributed by atoms with Crippen LogP contribution in [-0.2, 0) is 30.3 Å². The Morgan fingerprint density at radius 3 is 1.81 bits per heavy atom. The van der Waals surface area contributed by atoms with Crippen LogP contribution in [-0.4, -0.2) is 30.9 Å². The van der Waals surface area contributed by atoms with Crippen LogP contribution in [0.25, 0.3) is 0 Å². The molecule has 0 saturated carbocycles. The molecule has 5 heteroatoms. The van der Waals surface area contributed by atoms with E-state index in [2.05, 4.69) is 60.7 Å². The van der Waals surface area contributed by atoms with Gasteiger partial charge in [0, 0.05) is 12.8 Å². The lowest BCUT2D eigenvalue weighted by molar-refractivity contribution is -0.484. The Balaban J connectivity index is 1.25. The molecule has 0 N–H and O–H groups in total. The molecule has 37 heavy (non-hydrogen) atoms. The van der Waals surface area contributed by atoms with Crippen molar-refractivity contribution in [2.75, 3.05) is 13.2 Å². The van der Waals surface area contributed by atoms with Crippen molar-refractivity contribution < 1.29 is 23.7 Å². The van der Waals surface area contributed by atoms with Crippen molar-refractivity contribution in [1.29, 1.82) is 0 Å². The van der Waals surface area contributed by atoms with E-state index in [0.717, 1.165) is 49.7 Å². The fraction of sp³-hybridized carbons (Fsp3) is 0.438. The zero-order valence-electron chi connectivity index (χ0n) is 21.3. The van der Waals surface area contributed by atoms with Gasteiger partial charge in [0.25, 0.3) is 0 Å². The SMILES string of the molecule is c1ccc(COC[C@H]2CO[C@@]3(CCC[C@H](c4ccccc4)O3)[C@@]3(CCC[C@H](c4ccccc4)O3)O2)cc1. The van der Waals surface area contributed by atoms with Crippen LogP contribution in [0, 0.1) is 0 Å². The molecule has 0 bridgehead atoms. The van der Waals surface area contributed by atoms with Gasteiger partial charge in [0.05, 0.1) is 32.0 Å². The Labute approximate surface area is 219 Å². The van der Waals surface area contributed by atoms with Crippen LogP contribution in [0.1, 0.15) is 67.4 Å². The molecule has 3 saturated heterocycles. The molecule has 194 valence electrons. The summed E-state index contributed by atoms with van der Waals surface area (Å²) in [5.74, 6) is -1.94. The maximum absolute atomic E-state index is 6.95. The lowest BCUT2D eigenvalue weighted by Gasteiger charge is -2.58. The second-order valence-corrected chi connectivity index (χ2v) is 10.4. The number of ether oxygens (including phenoxy) is 5. The van der Waals surface area contributed by atoms with Crippen molar-refractivity contribution in [3.63, 3.8) is 0 Å². The predicted octanol–water partition coefficient (Wildman–Crippen LogP) is 6.89. The number of fused-ring (bicyclic) bond motifs is 1. The molecule has 2 spiro atoms. The van der Waals surface area contributed by atoms with E-state index >= 15 is 0 Å². The van der Waals surface area contributed by atoms with Crippen LogP contribution in [0.2, 0.25) is 0 Å². The summed E-state index contributed by atoms with van der Waals surface area (Å²) < 4.78 is 33.5. The van der Waals surface area contributed by atoms with Crippen molar-refractivity contribution in [3.05, 3.63) is 108 Å². The Bertz CT molecular complexity index is 1120. The van der Waals surface area contributed by atoms with Crippen molar-refractivity contribution >= 4 is 0 Å². The Morgan fingerprint density at radius 2 is 1.19 bits per heavy atom. The van der Waals surface area contributed by atoms with E-state index in [1.54, 1.807) is 0 Å². The number of hydrogen-bond donors (Lipinski definition) is 0. The Morgan fingerprint density at radius 1 is 0.649 bits per heavy atom. The summed E-state index contributed by atoms with van der Waals surface area (Å²) in [6.45, 7) is 1.39. The van der Waals surface area contributed by atoms with Gasteiger partial charge in [0.15, 0.2) is 0 Å². The third-order valence-corrected chi connectivity index (χ3v) is 7.81. The third-order valence-electron chi connectivity index (χ3n) is 7.81. The maximum Gasteiger partial charge on any atom is 0.224 e. The summed E-state index contributed by atoms with van der Waals surface area (Å²) in [5, 5.41) is 0. The normalized spacial score (nSPS) is 31.9. The van der Waals surface area contributed by atoms with Crippen LogP contribution >= 0.6 is 0 Å². The maximum atomic E-state index is 6.95. The first-order valence-corrected chi connectivity index (χ1v) is 13.6. The van der Waals surface area contributed by atoms with Gasteiger partial charge in [-0.25, -0.2) is 0 Å². The zero-order chi connectivity index (χ0) is 25.0. The van der Waals surface area contributed by atoms with Crippen LogP contribution < -0.4 is 0 Å². The summed E-state index contributed by atoms with van der Waals surface area (Å²) in [7, 11) is 0. The van der Waals surface area contributed by atoms with Gasteiger partial charge in [-0.15, -0.1) is 0 Å². The number of hydrogen-bond acceptors (Lipinski definition) is 5. The summed E-state index contributed by atoms with van der Waals surface area (Å²) in [4.78, 5) is 0. The summed E-state index contributed by atoms with van der Waals surface area (Å²) >= 11 is 0. The molecule has 0 aromatic heterocycles. The standard InChI is InChI=1S/C32H36O5/c1-4-12-25(13-5-1)22-33-23-28-24-34-31(20-10-18-29(36-31)26-14-6-2-7-15-26)32(35-28)21-11-19-30(37-32)27-16-8-3-9-17-27/h1-9,12-17,28-30H,10-11,18-24H2/t28-,29+,30+,31+,32-/m0/s1. The quantitative estimate of drug-likeness (QED) is 0.369. The zero-order valence-corrected chi connectivity index (χ0v) is 21.3. The van der Waals surface area contributed by atoms with Gasteiger partial charge >= 0.3 is 0 Å². The average molecular weight is 501 g/mol. The lowest BCUT2D eigenvalue weighted by Crippen LogP contribution is -2.68. The van der Waals surface area contributed by atoms with Crippen molar-refractivity contribution in [2.24, 2.45) is 0 Å². The Hall–Kier alpha value is -2.54. The summed E-state index contributed by atoms with van der Waals surface area (Å²) in [6, 6.07) is 31.1. The highest BCUT2D eigenvalue weighted by molar-refractivity contribution is 5.20. The average Bonchev–Trinajstić information content (AvgIpc) is 2.97. The van der Waals surface area contributed by atoms with Gasteiger partial charge in [-0.2, -0.15) is 0 Å². The fourth-order valence-corrected chi connectivity index (χ4v) is 5.99. The molecular formula is C32H36O5. The van der Waals surface area contributed by atoms with Gasteiger partial charge in [0.2, 0.25) is 11.6 Å². The summed E-state index contributed by atoms with van der Waals surface area (Å²) in [6.07, 6.45) is 4.98. The molecule has 0 radical (unpaired) electrons. The molecule has 3 fully saturated rings. The molecule has 0 amide bonds. The molecule has 5 atom stereocenters. The highest BCUT2D eigenvalue weighted by Gasteiger charge is 2.63. The first-order chi connectivity index (χ1) is 18.3. The molecule has 0 aliphatic carbocycles. The van der Waals surface area contributed by atoms with E-state index < -0.39 is 11.6 Å². The first-order valence-electron chi connectivity index (χ1n) is 13.6. The second kappa shape index (κ2) is 11.1. The van der Waals surface area contributed by atoms with E-state index in [-0.39, 0.29) is 18.3 Å². The van der Waals surface area contributed by atoms with E-state index in [1.165, 1.54) is 5.56 Å². The van der Waals surface area contributed by atoms with Crippen LogP contribution in [0.4, 0.5) is 0 Å². The van der Waals surface area contributed by atoms with Crippen LogP contribution in [0.3, 0.4) is 0 Å². The van der Waals surface area contributed by atoms with E-state index in [0.29, 0.717) is 19.8 Å². The van der Waals surface area contributed by atoms with Gasteiger partial charge < -0.3 is 23.7 Å². The molecule has 3 aromatic rings. The largest absolute Gasteiger partial charge is 0.374 e. The van der Waals surface area contributed by atoms with E-state index in [9.17, 15) is 0 Å². The molecule has 3 aromatic carbocycles. The molecule has 3 aliphatic heterocycles. The molecule has 5 nitrogen and oxygen atoms in total. The minimum atomic E-state index is -0.988. The minimum Gasteiger partial charge on any atom is -0.374 e. The highest BCUT2D eigenvalue weighted by Crippen LogP contribution is 2.54. The van der Waals surface area contributed by atoms with Crippen molar-refractivity contribution in [1.82, 2.24) is 0 Å². The first kappa shape index (κ1) is 24.8. The molecule has 3 aliphatic rings. The predicted molar refractivity (Wildman–Crippen MR) is 141 cm³/mol. The molecule has 6 rings (SSSR count). The molecule has 3 heterocycles. The third kappa shape index (κ3) is 5.25. The molecule has 0 unspecified atom stereocenters. The van der Waals surface area contributed by atoms with E-state index in [1.807, 2.05) is 30.3 Å². The topological polar surface area (TPSA) is 46.2 Å². The fourth-order valence-electron chi connectivity index (χ4n) is 5.99. The van der Waals surface area contributed by atoms with Crippen LogP contribution in [0.5, 0.6) is 0 Å². The smallest absolute Gasteiger partial charge is 0.224 e. The van der Waals surface area contributed by atoms with Crippen molar-refractivity contribution in [3.8, 4) is 0 Å². The number of benzene rings is 3. The van der Waals surface area contributed by atoms with E-state index in [4.69, 9.17) is 23.7 Å². The highest BCUT2D eigenvalue weighted by atomic mass is 16.8. The van der Waals surface area contributed by atoms with Gasteiger partial charge in [-0.05, 0) is 42.4 Å². The van der Waals surface area contributed by atoms with Gasteiger partial charge in [-0.1, -0.05) is 91.0 Å².